The quantitative estimate of drug-likeness (QED) is 0.854. The van der Waals surface area contributed by atoms with E-state index in [1.807, 2.05) is 6.92 Å². The van der Waals surface area contributed by atoms with Gasteiger partial charge in [0.05, 0.1) is 0 Å². The molecule has 2 aromatic heterocycles. The molecule has 0 aliphatic rings. The molecule has 0 fully saturated rings. The van der Waals surface area contributed by atoms with Crippen molar-refractivity contribution in [1.82, 2.24) is 25.4 Å². The predicted molar refractivity (Wildman–Crippen MR) is 71.5 cm³/mol. The minimum absolute atomic E-state index is 0.366. The molecule has 102 valence electrons. The zero-order valence-corrected chi connectivity index (χ0v) is 11.6. The summed E-state index contributed by atoms with van der Waals surface area (Å²) in [7, 11) is 0. The Morgan fingerprint density at radius 1 is 1.32 bits per heavy atom. The summed E-state index contributed by atoms with van der Waals surface area (Å²) >= 11 is 0. The Bertz CT molecular complexity index is 525. The number of aryl methyl sites for hydroxylation is 1. The predicted octanol–water partition coefficient (Wildman–Crippen LogP) is 1.77. The molecule has 6 heteroatoms. The summed E-state index contributed by atoms with van der Waals surface area (Å²) in [6.07, 6.45) is 3.46. The van der Waals surface area contributed by atoms with E-state index in [-0.39, 0.29) is 0 Å². The van der Waals surface area contributed by atoms with Gasteiger partial charge >= 0.3 is 0 Å². The van der Waals surface area contributed by atoms with E-state index in [4.69, 9.17) is 4.52 Å². The van der Waals surface area contributed by atoms with E-state index in [1.54, 1.807) is 12.3 Å². The highest BCUT2D eigenvalue weighted by molar-refractivity contribution is 5.46. The molecule has 0 aromatic carbocycles. The molecule has 6 nitrogen and oxygen atoms in total. The van der Waals surface area contributed by atoms with Crippen molar-refractivity contribution in [1.29, 1.82) is 0 Å². The second-order valence-electron chi connectivity index (χ2n) is 4.37. The van der Waals surface area contributed by atoms with Crippen molar-refractivity contribution in [3.05, 3.63) is 24.0 Å². The summed E-state index contributed by atoms with van der Waals surface area (Å²) in [6.45, 7) is 7.00. The molecule has 0 radical (unpaired) electrons. The maximum absolute atomic E-state index is 5.28. The highest BCUT2D eigenvalue weighted by atomic mass is 16.5. The minimum Gasteiger partial charge on any atom is -0.339 e. The molecule has 0 aliphatic carbocycles. The normalized spacial score (nSPS) is 12.6. The van der Waals surface area contributed by atoms with Gasteiger partial charge in [0.25, 0.3) is 0 Å². The van der Waals surface area contributed by atoms with Crippen molar-refractivity contribution in [3.63, 3.8) is 0 Å². The lowest BCUT2D eigenvalue weighted by molar-refractivity contribution is 0.355. The van der Waals surface area contributed by atoms with Gasteiger partial charge in [-0.25, -0.2) is 9.97 Å². The van der Waals surface area contributed by atoms with Crippen LogP contribution in [-0.2, 0) is 6.42 Å². The average Bonchev–Trinajstić information content (AvgIpc) is 2.87. The van der Waals surface area contributed by atoms with Crippen LogP contribution in [0.25, 0.3) is 11.5 Å². The van der Waals surface area contributed by atoms with Crippen LogP contribution < -0.4 is 5.32 Å². The lowest BCUT2D eigenvalue weighted by Gasteiger charge is -2.12. The topological polar surface area (TPSA) is 76.7 Å². The van der Waals surface area contributed by atoms with E-state index >= 15 is 0 Å². The highest BCUT2D eigenvalue weighted by Gasteiger charge is 2.14. The first-order valence-electron chi connectivity index (χ1n) is 6.59. The van der Waals surface area contributed by atoms with Crippen molar-refractivity contribution >= 4 is 0 Å². The Morgan fingerprint density at radius 3 is 2.84 bits per heavy atom. The SMILES string of the molecule is CCNC(CC)Cc1nc(-c2ccnc(C)n2)no1. The van der Waals surface area contributed by atoms with Crippen LogP contribution in [0.5, 0.6) is 0 Å². The maximum atomic E-state index is 5.28. The third-order valence-corrected chi connectivity index (χ3v) is 2.88. The lowest BCUT2D eigenvalue weighted by atomic mass is 10.1. The molecular weight excluding hydrogens is 242 g/mol. The maximum Gasteiger partial charge on any atom is 0.228 e. The van der Waals surface area contributed by atoms with E-state index in [2.05, 4.69) is 39.3 Å². The highest BCUT2D eigenvalue weighted by Crippen LogP contribution is 2.13. The van der Waals surface area contributed by atoms with Crippen LogP contribution in [0.2, 0.25) is 0 Å². The van der Waals surface area contributed by atoms with Crippen LogP contribution in [0.1, 0.15) is 32.0 Å². The number of nitrogens with one attached hydrogen (secondary N) is 1. The fraction of sp³-hybridized carbons (Fsp3) is 0.538. The number of hydrogen-bond donors (Lipinski definition) is 1. The third-order valence-electron chi connectivity index (χ3n) is 2.88. The molecule has 0 amide bonds. The van der Waals surface area contributed by atoms with Crippen LogP contribution in [0, 0.1) is 6.92 Å². The summed E-state index contributed by atoms with van der Waals surface area (Å²) in [5, 5.41) is 7.36. The van der Waals surface area contributed by atoms with Crippen LogP contribution >= 0.6 is 0 Å². The standard InChI is InChI=1S/C13H19N5O/c1-4-10(14-5-2)8-12-17-13(18-19-12)11-6-7-15-9(3)16-11/h6-7,10,14H,4-5,8H2,1-3H3. The van der Waals surface area contributed by atoms with Gasteiger partial charge < -0.3 is 9.84 Å². The second kappa shape index (κ2) is 6.38. The van der Waals surface area contributed by atoms with E-state index in [1.165, 1.54) is 0 Å². The van der Waals surface area contributed by atoms with Crippen molar-refractivity contribution in [2.75, 3.05) is 6.54 Å². The van der Waals surface area contributed by atoms with Crippen molar-refractivity contribution < 1.29 is 4.52 Å². The summed E-state index contributed by atoms with van der Waals surface area (Å²) in [6, 6.07) is 2.15. The first kappa shape index (κ1) is 13.6. The Morgan fingerprint density at radius 2 is 2.16 bits per heavy atom. The smallest absolute Gasteiger partial charge is 0.228 e. The van der Waals surface area contributed by atoms with Gasteiger partial charge in [0.15, 0.2) is 0 Å². The minimum atomic E-state index is 0.366. The molecule has 2 rings (SSSR count). The van der Waals surface area contributed by atoms with Gasteiger partial charge in [-0.1, -0.05) is 19.0 Å². The van der Waals surface area contributed by atoms with Crippen LogP contribution in [0.4, 0.5) is 0 Å². The number of aromatic nitrogens is 4. The molecule has 0 bridgehead atoms. The number of hydrogen-bond acceptors (Lipinski definition) is 6. The van der Waals surface area contributed by atoms with Crippen LogP contribution in [0.15, 0.2) is 16.8 Å². The zero-order chi connectivity index (χ0) is 13.7. The Kier molecular flexibility index (Phi) is 4.57. The van der Waals surface area contributed by atoms with Crippen molar-refractivity contribution in [2.24, 2.45) is 0 Å². The Hall–Kier alpha value is -1.82. The third kappa shape index (κ3) is 3.57. The van der Waals surface area contributed by atoms with Gasteiger partial charge in [0, 0.05) is 18.7 Å². The molecule has 1 unspecified atom stereocenters. The van der Waals surface area contributed by atoms with Gasteiger partial charge in [0.1, 0.15) is 11.5 Å². The second-order valence-corrected chi connectivity index (χ2v) is 4.37. The van der Waals surface area contributed by atoms with Gasteiger partial charge in [-0.05, 0) is 26.0 Å². The molecule has 0 saturated heterocycles. The van der Waals surface area contributed by atoms with E-state index < -0.39 is 0 Å². The monoisotopic (exact) mass is 261 g/mol. The molecule has 19 heavy (non-hydrogen) atoms. The van der Waals surface area contributed by atoms with Gasteiger partial charge in [-0.15, -0.1) is 0 Å². The van der Waals surface area contributed by atoms with Gasteiger partial charge in [0.2, 0.25) is 11.7 Å². The molecule has 0 spiro atoms. The summed E-state index contributed by atoms with van der Waals surface area (Å²) in [4.78, 5) is 12.7. The molecule has 2 aromatic rings. The fourth-order valence-electron chi connectivity index (χ4n) is 1.88. The Labute approximate surface area is 112 Å². The molecular formula is C13H19N5O. The average molecular weight is 261 g/mol. The van der Waals surface area contributed by atoms with Crippen molar-refractivity contribution in [3.8, 4) is 11.5 Å². The van der Waals surface area contributed by atoms with Crippen LogP contribution in [0.3, 0.4) is 0 Å². The van der Waals surface area contributed by atoms with Gasteiger partial charge in [-0.3, -0.25) is 0 Å². The lowest BCUT2D eigenvalue weighted by Crippen LogP contribution is -2.30. The summed E-state index contributed by atoms with van der Waals surface area (Å²) in [5.41, 5.74) is 0.694. The van der Waals surface area contributed by atoms with E-state index in [9.17, 15) is 0 Å². The zero-order valence-electron chi connectivity index (χ0n) is 11.6. The first-order valence-corrected chi connectivity index (χ1v) is 6.59. The first-order chi connectivity index (χ1) is 9.22. The number of likely N-dealkylation sites (N-methyl/N-ethyl adjacent to an activating group) is 1. The van der Waals surface area contributed by atoms with Gasteiger partial charge in [-0.2, -0.15) is 4.98 Å². The number of rotatable bonds is 6. The van der Waals surface area contributed by atoms with E-state index in [0.717, 1.165) is 19.4 Å². The van der Waals surface area contributed by atoms with E-state index in [0.29, 0.717) is 29.3 Å². The van der Waals surface area contributed by atoms with Crippen molar-refractivity contribution in [2.45, 2.75) is 39.7 Å². The molecule has 2 heterocycles. The molecule has 0 aliphatic heterocycles. The molecule has 1 N–H and O–H groups in total. The number of nitrogens with zero attached hydrogens (tertiary/aromatic N) is 4. The summed E-state index contributed by atoms with van der Waals surface area (Å²) < 4.78 is 5.28. The largest absolute Gasteiger partial charge is 0.339 e. The fourth-order valence-corrected chi connectivity index (χ4v) is 1.88. The summed E-state index contributed by atoms with van der Waals surface area (Å²) in [5.74, 6) is 1.86. The molecule has 0 saturated carbocycles. The Balaban J connectivity index is 2.10. The molecule has 1 atom stereocenters. The van der Waals surface area contributed by atoms with Crippen LogP contribution in [-0.4, -0.2) is 32.7 Å².